The van der Waals surface area contributed by atoms with Crippen LogP contribution in [0.5, 0.6) is 0 Å². The van der Waals surface area contributed by atoms with E-state index in [-0.39, 0.29) is 17.0 Å². The molecule has 2 N–H and O–H groups in total. The van der Waals surface area contributed by atoms with Gasteiger partial charge in [0.25, 0.3) is 11.8 Å². The van der Waals surface area contributed by atoms with E-state index in [2.05, 4.69) is 15.8 Å². The Balaban J connectivity index is 1.43. The SMILES string of the molecule is Cc1ccc(C=NNC(=O)c2cc(Cl)ccc2NC(=O)c2cccc(C[S+]([O-])Cc3ccco3)c2)cc1C. The number of aryl methyl sites for hydroxylation is 2. The third-order valence-corrected chi connectivity index (χ3v) is 7.28. The lowest BCUT2D eigenvalue weighted by atomic mass is 10.1. The van der Waals surface area contributed by atoms with Crippen LogP contribution in [-0.4, -0.2) is 22.6 Å². The zero-order valence-electron chi connectivity index (χ0n) is 20.9. The van der Waals surface area contributed by atoms with Crippen molar-refractivity contribution in [3.63, 3.8) is 0 Å². The summed E-state index contributed by atoms with van der Waals surface area (Å²) in [6.07, 6.45) is 3.09. The molecule has 1 aromatic heterocycles. The summed E-state index contributed by atoms with van der Waals surface area (Å²) in [5.41, 5.74) is 7.18. The average molecular weight is 548 g/mol. The van der Waals surface area contributed by atoms with Gasteiger partial charge in [0.1, 0.15) is 5.75 Å². The highest BCUT2D eigenvalue weighted by atomic mass is 35.5. The summed E-state index contributed by atoms with van der Waals surface area (Å²) in [6.45, 7) is 4.02. The number of halogens is 1. The number of furan rings is 1. The number of amides is 2. The number of nitrogens with one attached hydrogen (secondary N) is 2. The first kappa shape index (κ1) is 27.2. The largest absolute Gasteiger partial charge is 0.616 e. The second kappa shape index (κ2) is 12.6. The van der Waals surface area contributed by atoms with Crippen molar-refractivity contribution in [3.05, 3.63) is 123 Å². The van der Waals surface area contributed by atoms with Crippen molar-refractivity contribution < 1.29 is 18.6 Å². The van der Waals surface area contributed by atoms with Gasteiger partial charge in [-0.2, -0.15) is 5.10 Å². The Kier molecular flexibility index (Phi) is 9.02. The molecule has 4 rings (SSSR count). The molecule has 0 aliphatic rings. The number of hydrogen-bond acceptors (Lipinski definition) is 5. The quantitative estimate of drug-likeness (QED) is 0.152. The normalized spacial score (nSPS) is 11.9. The molecular formula is C29H26ClN3O4S. The minimum absolute atomic E-state index is 0.166. The van der Waals surface area contributed by atoms with Crippen LogP contribution in [0.2, 0.25) is 5.02 Å². The number of anilines is 1. The van der Waals surface area contributed by atoms with Crippen molar-refractivity contribution in [2.45, 2.75) is 25.4 Å². The van der Waals surface area contributed by atoms with Gasteiger partial charge in [-0.05, 0) is 84.2 Å². The third kappa shape index (κ3) is 7.35. The first-order chi connectivity index (χ1) is 18.3. The van der Waals surface area contributed by atoms with Gasteiger partial charge in [-0.1, -0.05) is 41.9 Å². The lowest BCUT2D eigenvalue weighted by molar-refractivity contribution is 0.0956. The minimum Gasteiger partial charge on any atom is -0.616 e. The molecule has 0 radical (unpaired) electrons. The number of carbonyl (C=O) groups is 2. The summed E-state index contributed by atoms with van der Waals surface area (Å²) in [5, 5.41) is 7.16. The van der Waals surface area contributed by atoms with Crippen molar-refractivity contribution in [3.8, 4) is 0 Å². The second-order valence-corrected chi connectivity index (χ2v) is 10.6. The van der Waals surface area contributed by atoms with Gasteiger partial charge in [0.05, 0.1) is 23.7 Å². The number of rotatable bonds is 9. The highest BCUT2D eigenvalue weighted by Gasteiger charge is 2.17. The monoisotopic (exact) mass is 547 g/mol. The summed E-state index contributed by atoms with van der Waals surface area (Å²) >= 11 is 4.93. The molecule has 2 amide bonds. The summed E-state index contributed by atoms with van der Waals surface area (Å²) in [5.74, 6) is 0.265. The summed E-state index contributed by atoms with van der Waals surface area (Å²) in [4.78, 5) is 25.9. The Bertz CT molecular complexity index is 1470. The summed E-state index contributed by atoms with van der Waals surface area (Å²) < 4.78 is 17.8. The molecule has 0 saturated carbocycles. The topological polar surface area (TPSA) is 107 Å². The lowest BCUT2D eigenvalue weighted by Gasteiger charge is -2.12. The van der Waals surface area contributed by atoms with E-state index < -0.39 is 23.0 Å². The Morgan fingerprint density at radius 1 is 0.974 bits per heavy atom. The molecule has 1 unspecified atom stereocenters. The van der Waals surface area contributed by atoms with Gasteiger partial charge in [-0.3, -0.25) is 9.59 Å². The van der Waals surface area contributed by atoms with Gasteiger partial charge in [-0.15, -0.1) is 0 Å². The smallest absolute Gasteiger partial charge is 0.273 e. The maximum Gasteiger partial charge on any atom is 0.273 e. The second-order valence-electron chi connectivity index (χ2n) is 8.70. The van der Waals surface area contributed by atoms with Gasteiger partial charge >= 0.3 is 0 Å². The molecular weight excluding hydrogens is 522 g/mol. The minimum atomic E-state index is -1.20. The first-order valence-electron chi connectivity index (χ1n) is 11.8. The summed E-state index contributed by atoms with van der Waals surface area (Å²) in [6, 6.07) is 20.9. The van der Waals surface area contributed by atoms with Crippen molar-refractivity contribution >= 4 is 46.5 Å². The molecule has 194 valence electrons. The zero-order chi connectivity index (χ0) is 27.1. The van der Waals surface area contributed by atoms with Crippen LogP contribution in [0.3, 0.4) is 0 Å². The molecule has 1 atom stereocenters. The highest BCUT2D eigenvalue weighted by Crippen LogP contribution is 2.22. The van der Waals surface area contributed by atoms with E-state index >= 15 is 0 Å². The van der Waals surface area contributed by atoms with Crippen molar-refractivity contribution in [2.24, 2.45) is 5.10 Å². The first-order valence-corrected chi connectivity index (χ1v) is 13.6. The van der Waals surface area contributed by atoms with E-state index in [0.29, 0.717) is 22.1 Å². The van der Waals surface area contributed by atoms with Crippen LogP contribution in [0.4, 0.5) is 5.69 Å². The van der Waals surface area contributed by atoms with Gasteiger partial charge in [0, 0.05) is 16.1 Å². The van der Waals surface area contributed by atoms with Gasteiger partial charge in [0.2, 0.25) is 0 Å². The maximum absolute atomic E-state index is 13.0. The molecule has 7 nitrogen and oxygen atoms in total. The molecule has 0 saturated heterocycles. The van der Waals surface area contributed by atoms with Crippen LogP contribution >= 0.6 is 11.6 Å². The molecule has 4 aromatic rings. The molecule has 1 heterocycles. The van der Waals surface area contributed by atoms with E-state index in [1.807, 2.05) is 38.1 Å². The average Bonchev–Trinajstić information content (AvgIpc) is 3.40. The number of benzene rings is 3. The van der Waals surface area contributed by atoms with E-state index in [4.69, 9.17) is 16.0 Å². The standard InChI is InChI=1S/C29H26ClN3O4S/c1-19-8-9-21(13-20(19)2)16-31-33-29(35)26-15-24(30)10-11-27(26)32-28(34)23-6-3-5-22(14-23)17-38(36)18-25-7-4-12-37-25/h3-16H,17-18H2,1-2H3,(H,32,34)(H,33,35). The molecule has 0 fully saturated rings. The Morgan fingerprint density at radius 2 is 1.82 bits per heavy atom. The predicted octanol–water partition coefficient (Wildman–Crippen LogP) is 6.01. The van der Waals surface area contributed by atoms with Crippen molar-refractivity contribution in [1.29, 1.82) is 0 Å². The number of hydrogen-bond donors (Lipinski definition) is 2. The van der Waals surface area contributed by atoms with Gasteiger partial charge < -0.3 is 14.3 Å². The van der Waals surface area contributed by atoms with E-state index in [9.17, 15) is 14.1 Å². The fourth-order valence-corrected chi connectivity index (χ4v) is 4.98. The van der Waals surface area contributed by atoms with Crippen LogP contribution in [0.25, 0.3) is 0 Å². The van der Waals surface area contributed by atoms with Crippen LogP contribution < -0.4 is 10.7 Å². The van der Waals surface area contributed by atoms with Gasteiger partial charge in [-0.25, -0.2) is 5.43 Å². The van der Waals surface area contributed by atoms with Crippen LogP contribution in [0.15, 0.2) is 88.6 Å². The van der Waals surface area contributed by atoms with E-state index in [1.165, 1.54) is 6.07 Å². The Morgan fingerprint density at radius 3 is 2.58 bits per heavy atom. The van der Waals surface area contributed by atoms with E-state index in [0.717, 1.165) is 22.3 Å². The molecule has 0 bridgehead atoms. The third-order valence-electron chi connectivity index (χ3n) is 5.79. The van der Waals surface area contributed by atoms with Crippen LogP contribution in [0, 0.1) is 13.8 Å². The fraction of sp³-hybridized carbons (Fsp3) is 0.138. The maximum atomic E-state index is 13.0. The van der Waals surface area contributed by atoms with Crippen LogP contribution in [0.1, 0.15) is 48.7 Å². The summed E-state index contributed by atoms with van der Waals surface area (Å²) in [7, 11) is 0. The zero-order valence-corrected chi connectivity index (χ0v) is 22.4. The molecule has 0 aliphatic carbocycles. The molecule has 0 spiro atoms. The van der Waals surface area contributed by atoms with E-state index in [1.54, 1.807) is 54.9 Å². The van der Waals surface area contributed by atoms with Crippen molar-refractivity contribution in [2.75, 3.05) is 5.32 Å². The Hall–Kier alpha value is -3.85. The molecule has 0 aliphatic heterocycles. The molecule has 3 aromatic carbocycles. The Labute approximate surface area is 229 Å². The fourth-order valence-electron chi connectivity index (χ4n) is 3.67. The van der Waals surface area contributed by atoms with Crippen LogP contribution in [-0.2, 0) is 22.7 Å². The highest BCUT2D eigenvalue weighted by molar-refractivity contribution is 7.89. The lowest BCUT2D eigenvalue weighted by Crippen LogP contribution is -2.21. The van der Waals surface area contributed by atoms with Crippen molar-refractivity contribution in [1.82, 2.24) is 5.43 Å². The predicted molar refractivity (Wildman–Crippen MR) is 151 cm³/mol. The molecule has 9 heteroatoms. The number of hydrazone groups is 1. The number of nitrogens with zero attached hydrogens (tertiary/aromatic N) is 1. The number of carbonyl (C=O) groups excluding carboxylic acids is 2. The molecule has 38 heavy (non-hydrogen) atoms. The van der Waals surface area contributed by atoms with Gasteiger partial charge in [0.15, 0.2) is 11.5 Å².